The number of hydrogen-bond donors (Lipinski definition) is 1. The highest BCUT2D eigenvalue weighted by molar-refractivity contribution is 6.05. The quantitative estimate of drug-likeness (QED) is 0.507. The molecule has 0 spiro atoms. The van der Waals surface area contributed by atoms with Crippen molar-refractivity contribution >= 4 is 28.3 Å². The summed E-state index contributed by atoms with van der Waals surface area (Å²) in [7, 11) is 2.02. The van der Waals surface area contributed by atoms with E-state index in [2.05, 4.69) is 14.8 Å². The van der Waals surface area contributed by atoms with Crippen LogP contribution in [-0.2, 0) is 13.6 Å². The Labute approximate surface area is 174 Å². The highest BCUT2D eigenvalue weighted by Crippen LogP contribution is 2.22. The molecule has 8 heteroatoms. The second-order valence-electron chi connectivity index (χ2n) is 7.74. The molecule has 1 amide bonds. The molecule has 2 aromatic carbocycles. The molecule has 0 unspecified atom stereocenters. The molecule has 0 atom stereocenters. The Kier molecular flexibility index (Phi) is 5.76. The highest BCUT2D eigenvalue weighted by Gasteiger charge is 2.16. The molecule has 0 saturated carbocycles. The van der Waals surface area contributed by atoms with Gasteiger partial charge in [0.25, 0.3) is 11.6 Å². The molecular formula is C22H25N5O3. The van der Waals surface area contributed by atoms with Crippen molar-refractivity contribution in [2.24, 2.45) is 7.05 Å². The number of carbonyl (C=O) groups excluding carboxylic acids is 1. The van der Waals surface area contributed by atoms with Gasteiger partial charge in [-0.15, -0.1) is 0 Å². The third-order valence-electron chi connectivity index (χ3n) is 5.61. The Morgan fingerprint density at radius 2 is 1.90 bits per heavy atom. The number of nitro benzene ring substituents is 1. The number of non-ortho nitro benzene ring substituents is 1. The first-order chi connectivity index (χ1) is 14.5. The number of nitrogens with one attached hydrogen (secondary N) is 1. The Hall–Kier alpha value is -3.26. The first kappa shape index (κ1) is 20.0. The fourth-order valence-corrected chi connectivity index (χ4v) is 3.93. The van der Waals surface area contributed by atoms with Crippen molar-refractivity contribution in [2.75, 3.05) is 18.4 Å². The largest absolute Gasteiger partial charge is 0.330 e. The third-order valence-corrected chi connectivity index (χ3v) is 5.61. The predicted molar refractivity (Wildman–Crippen MR) is 116 cm³/mol. The smallest absolute Gasteiger partial charge is 0.270 e. The monoisotopic (exact) mass is 407 g/mol. The second kappa shape index (κ2) is 8.62. The van der Waals surface area contributed by atoms with Crippen LogP contribution in [0.5, 0.6) is 0 Å². The predicted octanol–water partition coefficient (Wildman–Crippen LogP) is 4.11. The minimum absolute atomic E-state index is 0.110. The summed E-state index contributed by atoms with van der Waals surface area (Å²) in [6, 6.07) is 11.3. The molecule has 1 aliphatic heterocycles. The Bertz CT molecular complexity index is 1080. The molecule has 8 nitrogen and oxygen atoms in total. The van der Waals surface area contributed by atoms with Gasteiger partial charge in [-0.1, -0.05) is 18.9 Å². The van der Waals surface area contributed by atoms with Gasteiger partial charge in [0.05, 0.1) is 22.5 Å². The van der Waals surface area contributed by atoms with Crippen molar-refractivity contribution in [3.63, 3.8) is 0 Å². The molecule has 1 aliphatic rings. The van der Waals surface area contributed by atoms with Gasteiger partial charge in [0.15, 0.2) is 0 Å². The minimum Gasteiger partial charge on any atom is -0.330 e. The number of amides is 1. The summed E-state index contributed by atoms with van der Waals surface area (Å²) >= 11 is 0. The zero-order valence-corrected chi connectivity index (χ0v) is 17.0. The van der Waals surface area contributed by atoms with Crippen LogP contribution in [0.4, 0.5) is 11.4 Å². The van der Waals surface area contributed by atoms with Crippen LogP contribution in [0.1, 0.15) is 41.9 Å². The Balaban J connectivity index is 1.52. The summed E-state index contributed by atoms with van der Waals surface area (Å²) in [5.41, 5.74) is 2.57. The maximum atomic E-state index is 12.5. The molecule has 4 rings (SSSR count). The number of imidazole rings is 1. The Morgan fingerprint density at radius 3 is 2.63 bits per heavy atom. The summed E-state index contributed by atoms with van der Waals surface area (Å²) in [5, 5.41) is 13.8. The van der Waals surface area contributed by atoms with E-state index in [0.717, 1.165) is 36.5 Å². The molecule has 0 aliphatic carbocycles. The van der Waals surface area contributed by atoms with Gasteiger partial charge in [-0.2, -0.15) is 0 Å². The van der Waals surface area contributed by atoms with E-state index < -0.39 is 10.8 Å². The maximum absolute atomic E-state index is 12.5. The number of nitrogens with zero attached hydrogens (tertiary/aromatic N) is 4. The van der Waals surface area contributed by atoms with E-state index in [0.29, 0.717) is 5.69 Å². The number of nitro groups is 1. The number of hydrogen-bond acceptors (Lipinski definition) is 5. The molecule has 3 aromatic rings. The lowest BCUT2D eigenvalue weighted by Gasteiger charge is -2.19. The first-order valence-corrected chi connectivity index (χ1v) is 10.2. The topological polar surface area (TPSA) is 93.3 Å². The lowest BCUT2D eigenvalue weighted by atomic mass is 10.2. The molecule has 30 heavy (non-hydrogen) atoms. The van der Waals surface area contributed by atoms with E-state index in [1.807, 2.05) is 25.2 Å². The van der Waals surface area contributed by atoms with E-state index in [-0.39, 0.29) is 11.3 Å². The summed E-state index contributed by atoms with van der Waals surface area (Å²) in [5.74, 6) is 0.618. The summed E-state index contributed by atoms with van der Waals surface area (Å²) in [6.07, 6.45) is 5.06. The van der Waals surface area contributed by atoms with Crippen LogP contribution in [0.15, 0.2) is 42.5 Å². The summed E-state index contributed by atoms with van der Waals surface area (Å²) in [6.45, 7) is 3.03. The van der Waals surface area contributed by atoms with E-state index >= 15 is 0 Å². The Morgan fingerprint density at radius 1 is 1.13 bits per heavy atom. The van der Waals surface area contributed by atoms with Gasteiger partial charge in [-0.05, 0) is 50.2 Å². The van der Waals surface area contributed by atoms with Crippen molar-refractivity contribution in [1.82, 2.24) is 14.5 Å². The van der Waals surface area contributed by atoms with Crippen molar-refractivity contribution < 1.29 is 9.72 Å². The van der Waals surface area contributed by atoms with Crippen LogP contribution in [0, 0.1) is 10.1 Å². The lowest BCUT2D eigenvalue weighted by Crippen LogP contribution is -2.25. The molecule has 0 radical (unpaired) electrons. The maximum Gasteiger partial charge on any atom is 0.270 e. The number of carbonyl (C=O) groups is 1. The molecule has 1 N–H and O–H groups in total. The molecular weight excluding hydrogens is 382 g/mol. The number of fused-ring (bicyclic) bond motifs is 1. The van der Waals surface area contributed by atoms with Crippen molar-refractivity contribution in [1.29, 1.82) is 0 Å². The standard InChI is InChI=1S/C22H25N5O3/c1-25-20-10-9-17(23-22(28)16-7-6-8-18(13-16)27(29)30)14-19(20)24-21(25)15-26-11-4-2-3-5-12-26/h6-10,13-14H,2-5,11-12,15H2,1H3,(H,23,28). The average molecular weight is 407 g/mol. The van der Waals surface area contributed by atoms with Gasteiger partial charge in [0, 0.05) is 30.4 Å². The zero-order valence-electron chi connectivity index (χ0n) is 17.0. The second-order valence-corrected chi connectivity index (χ2v) is 7.74. The fraction of sp³-hybridized carbons (Fsp3) is 0.364. The van der Waals surface area contributed by atoms with E-state index in [9.17, 15) is 14.9 Å². The molecule has 156 valence electrons. The molecule has 2 heterocycles. The number of rotatable bonds is 5. The summed E-state index contributed by atoms with van der Waals surface area (Å²) < 4.78 is 2.10. The van der Waals surface area contributed by atoms with Crippen LogP contribution in [0.25, 0.3) is 11.0 Å². The van der Waals surface area contributed by atoms with Crippen LogP contribution >= 0.6 is 0 Å². The van der Waals surface area contributed by atoms with Gasteiger partial charge in [-0.3, -0.25) is 19.8 Å². The summed E-state index contributed by atoms with van der Waals surface area (Å²) in [4.78, 5) is 30.2. The van der Waals surface area contributed by atoms with Crippen LogP contribution in [-0.4, -0.2) is 38.4 Å². The number of aryl methyl sites for hydroxylation is 1. The number of benzene rings is 2. The van der Waals surface area contributed by atoms with E-state index in [1.54, 1.807) is 6.07 Å². The number of aromatic nitrogens is 2. The van der Waals surface area contributed by atoms with E-state index in [1.165, 1.54) is 43.9 Å². The number of anilines is 1. The average Bonchev–Trinajstić information content (AvgIpc) is 2.90. The minimum atomic E-state index is -0.511. The van der Waals surface area contributed by atoms with Gasteiger partial charge in [0.1, 0.15) is 5.82 Å². The van der Waals surface area contributed by atoms with E-state index in [4.69, 9.17) is 4.98 Å². The van der Waals surface area contributed by atoms with Crippen LogP contribution < -0.4 is 5.32 Å². The fourth-order valence-electron chi connectivity index (χ4n) is 3.93. The van der Waals surface area contributed by atoms with Gasteiger partial charge in [-0.25, -0.2) is 4.98 Å². The molecule has 1 fully saturated rings. The van der Waals surface area contributed by atoms with Gasteiger partial charge in [0.2, 0.25) is 0 Å². The van der Waals surface area contributed by atoms with Crippen molar-refractivity contribution in [3.8, 4) is 0 Å². The molecule has 1 saturated heterocycles. The third kappa shape index (κ3) is 4.33. The highest BCUT2D eigenvalue weighted by atomic mass is 16.6. The first-order valence-electron chi connectivity index (χ1n) is 10.2. The van der Waals surface area contributed by atoms with Gasteiger partial charge < -0.3 is 9.88 Å². The SMILES string of the molecule is Cn1c(CN2CCCCCC2)nc2cc(NC(=O)c3cccc([N+](=O)[O-])c3)ccc21. The lowest BCUT2D eigenvalue weighted by molar-refractivity contribution is -0.384. The van der Waals surface area contributed by atoms with Crippen molar-refractivity contribution in [3.05, 3.63) is 64.0 Å². The van der Waals surface area contributed by atoms with Crippen LogP contribution in [0.2, 0.25) is 0 Å². The molecule has 0 bridgehead atoms. The van der Waals surface area contributed by atoms with Crippen LogP contribution in [0.3, 0.4) is 0 Å². The molecule has 1 aromatic heterocycles. The number of likely N-dealkylation sites (tertiary alicyclic amines) is 1. The zero-order chi connectivity index (χ0) is 21.1. The van der Waals surface area contributed by atoms with Crippen molar-refractivity contribution in [2.45, 2.75) is 32.2 Å². The normalized spacial score (nSPS) is 15.1. The van der Waals surface area contributed by atoms with Gasteiger partial charge >= 0.3 is 0 Å².